The molecule has 1 atom stereocenters. The molecule has 1 aliphatic carbocycles. The first-order valence-corrected chi connectivity index (χ1v) is 14.2. The first-order chi connectivity index (χ1) is 17.7. The molecule has 9 nitrogen and oxygen atoms in total. The minimum absolute atomic E-state index is 0.117. The monoisotopic (exact) mass is 551 g/mol. The van der Waals surface area contributed by atoms with Crippen molar-refractivity contribution in [2.75, 3.05) is 53.3 Å². The maximum Gasteiger partial charge on any atom is 0.410 e. The molecule has 1 aromatic carbocycles. The van der Waals surface area contributed by atoms with Gasteiger partial charge in [-0.3, -0.25) is 17.7 Å². The summed E-state index contributed by atoms with van der Waals surface area (Å²) in [5.74, 6) is -2.86. The molecule has 3 aliphatic rings. The number of aryl methyl sites for hydroxylation is 1. The van der Waals surface area contributed by atoms with Crippen molar-refractivity contribution in [2.45, 2.75) is 45.6 Å². The first kappa shape index (κ1) is 26.8. The third kappa shape index (κ3) is 4.96. The van der Waals surface area contributed by atoms with E-state index in [1.807, 2.05) is 52.0 Å². The first-order valence-electron chi connectivity index (χ1n) is 12.7. The molecule has 2 aliphatic heterocycles. The summed E-state index contributed by atoms with van der Waals surface area (Å²) in [4.78, 5) is 21.2. The van der Waals surface area contributed by atoms with Crippen LogP contribution in [0.1, 0.15) is 32.8 Å². The lowest BCUT2D eigenvalue weighted by atomic mass is 10.0. The number of piperazine rings is 1. The van der Waals surface area contributed by atoms with E-state index in [0.29, 0.717) is 37.6 Å². The number of carbonyl (C=O) groups excluding carboxylic acids is 1. The largest absolute Gasteiger partial charge is 0.444 e. The zero-order valence-electron chi connectivity index (χ0n) is 22.3. The van der Waals surface area contributed by atoms with Gasteiger partial charge in [-0.25, -0.2) is 18.6 Å². The highest BCUT2D eigenvalue weighted by Gasteiger charge is 2.59. The Kier molecular flexibility index (Phi) is 6.43. The summed E-state index contributed by atoms with van der Waals surface area (Å²) >= 11 is 0. The molecule has 1 saturated heterocycles. The number of aromatic nitrogens is 1. The van der Waals surface area contributed by atoms with E-state index in [2.05, 4.69) is 4.90 Å². The van der Waals surface area contributed by atoms with Crippen LogP contribution in [0.5, 0.6) is 0 Å². The molecule has 208 valence electrons. The molecular formula is C26H35F2N5O4S. The van der Waals surface area contributed by atoms with Crippen LogP contribution in [0.4, 0.5) is 30.8 Å². The van der Waals surface area contributed by atoms with Gasteiger partial charge in [0.25, 0.3) is 5.92 Å². The number of halogens is 2. The average Bonchev–Trinajstić information content (AvgIpc) is 3.41. The van der Waals surface area contributed by atoms with Gasteiger partial charge in [0, 0.05) is 57.7 Å². The van der Waals surface area contributed by atoms with Gasteiger partial charge in [-0.1, -0.05) is 12.1 Å². The number of alkyl halides is 2. The smallest absolute Gasteiger partial charge is 0.410 e. The Bertz CT molecular complexity index is 1250. The summed E-state index contributed by atoms with van der Waals surface area (Å²) in [5, 5.41) is 0. The van der Waals surface area contributed by atoms with E-state index < -0.39 is 28.4 Å². The van der Waals surface area contributed by atoms with Gasteiger partial charge in [0.05, 0.1) is 17.1 Å². The molecule has 2 fully saturated rings. The number of pyridine rings is 1. The zero-order valence-corrected chi connectivity index (χ0v) is 23.1. The lowest BCUT2D eigenvalue weighted by Crippen LogP contribution is -2.50. The Labute approximate surface area is 223 Å². The predicted molar refractivity (Wildman–Crippen MR) is 146 cm³/mol. The van der Waals surface area contributed by atoms with Crippen LogP contribution >= 0.6 is 11.0 Å². The number of ether oxygens (including phenoxy) is 1. The van der Waals surface area contributed by atoms with Crippen LogP contribution in [0.3, 0.4) is 0 Å². The van der Waals surface area contributed by atoms with Gasteiger partial charge in [-0.15, -0.1) is 0 Å². The Hall–Kier alpha value is -2.83. The summed E-state index contributed by atoms with van der Waals surface area (Å²) in [6.07, 6.45) is -0.555. The summed E-state index contributed by atoms with van der Waals surface area (Å²) in [5.41, 5.74) is 3.02. The van der Waals surface area contributed by atoms with Crippen molar-refractivity contribution in [3.8, 4) is 11.3 Å². The fourth-order valence-electron chi connectivity index (χ4n) is 4.84. The Balaban J connectivity index is 1.35. The number of benzene rings is 1. The molecule has 0 radical (unpaired) electrons. The molecule has 5 rings (SSSR count). The standard InChI is InChI=1S/C26H35F2N5O4S/c1-17-6-9-22(31-10-12-32(13-11-31)24(34)37-25(2,3)4)29-23(17)18-7-8-20-21(14-18)30(5)38(35,36)33(20)16-19-15-26(19,27)28/h6-9,14,19,35-36H,10-13,15-16H2,1-5H3. The van der Waals surface area contributed by atoms with Crippen LogP contribution in [0.25, 0.3) is 11.3 Å². The van der Waals surface area contributed by atoms with Crippen molar-refractivity contribution in [3.05, 3.63) is 35.9 Å². The number of fused-ring (bicyclic) bond motifs is 1. The van der Waals surface area contributed by atoms with Crippen molar-refractivity contribution in [3.63, 3.8) is 0 Å². The van der Waals surface area contributed by atoms with E-state index in [-0.39, 0.29) is 19.1 Å². The summed E-state index contributed by atoms with van der Waals surface area (Å²) < 4.78 is 57.0. The van der Waals surface area contributed by atoms with E-state index in [9.17, 15) is 22.7 Å². The maximum atomic E-state index is 13.6. The second kappa shape index (κ2) is 9.13. The molecular weight excluding hydrogens is 516 g/mol. The van der Waals surface area contributed by atoms with Gasteiger partial charge in [-0.2, -0.15) is 0 Å². The highest BCUT2D eigenvalue weighted by atomic mass is 32.3. The van der Waals surface area contributed by atoms with Gasteiger partial charge in [0.2, 0.25) is 0 Å². The summed E-state index contributed by atoms with van der Waals surface area (Å²) in [7, 11) is -1.87. The van der Waals surface area contributed by atoms with E-state index in [1.165, 1.54) is 8.61 Å². The summed E-state index contributed by atoms with van der Waals surface area (Å²) in [6.45, 7) is 9.66. The predicted octanol–water partition coefficient (Wildman–Crippen LogP) is 5.61. The lowest BCUT2D eigenvalue weighted by molar-refractivity contribution is 0.0240. The fraction of sp³-hybridized carbons (Fsp3) is 0.538. The molecule has 2 aromatic rings. The minimum atomic E-state index is -3.43. The van der Waals surface area contributed by atoms with Gasteiger partial charge >= 0.3 is 6.09 Å². The van der Waals surface area contributed by atoms with E-state index in [4.69, 9.17) is 9.72 Å². The number of nitrogens with zero attached hydrogens (tertiary/aromatic N) is 5. The van der Waals surface area contributed by atoms with Crippen molar-refractivity contribution >= 4 is 34.2 Å². The van der Waals surface area contributed by atoms with Crippen molar-refractivity contribution in [1.29, 1.82) is 0 Å². The van der Waals surface area contributed by atoms with Crippen LogP contribution in [-0.2, 0) is 4.74 Å². The molecule has 3 heterocycles. The third-order valence-corrected chi connectivity index (χ3v) is 9.07. The van der Waals surface area contributed by atoms with Crippen LogP contribution in [0.15, 0.2) is 30.3 Å². The van der Waals surface area contributed by atoms with E-state index >= 15 is 0 Å². The average molecular weight is 552 g/mol. The van der Waals surface area contributed by atoms with Gasteiger partial charge < -0.3 is 14.5 Å². The molecule has 0 bridgehead atoms. The van der Waals surface area contributed by atoms with Gasteiger partial charge in [0.1, 0.15) is 11.4 Å². The topological polar surface area (TPSA) is 92.6 Å². The second-order valence-electron chi connectivity index (χ2n) is 11.2. The second-order valence-corrected chi connectivity index (χ2v) is 13.2. The van der Waals surface area contributed by atoms with Crippen molar-refractivity contribution < 1.29 is 27.4 Å². The number of hydrogen-bond acceptors (Lipinski definition) is 8. The van der Waals surface area contributed by atoms with Crippen LogP contribution in [0, 0.1) is 12.8 Å². The van der Waals surface area contributed by atoms with Crippen LogP contribution < -0.4 is 13.5 Å². The van der Waals surface area contributed by atoms with E-state index in [0.717, 1.165) is 22.6 Å². The molecule has 0 spiro atoms. The van der Waals surface area contributed by atoms with Crippen LogP contribution in [-0.4, -0.2) is 76.4 Å². The molecule has 2 N–H and O–H groups in total. The summed E-state index contributed by atoms with van der Waals surface area (Å²) in [6, 6.07) is 9.36. The van der Waals surface area contributed by atoms with Crippen LogP contribution in [0.2, 0.25) is 0 Å². The molecule has 1 saturated carbocycles. The minimum Gasteiger partial charge on any atom is -0.444 e. The highest BCUT2D eigenvalue weighted by molar-refractivity contribution is 8.26. The normalized spacial score (nSPS) is 22.8. The Morgan fingerprint density at radius 1 is 1.13 bits per heavy atom. The Morgan fingerprint density at radius 3 is 2.39 bits per heavy atom. The fourth-order valence-corrected chi connectivity index (χ4v) is 6.35. The number of anilines is 3. The number of amides is 1. The zero-order chi connectivity index (χ0) is 27.6. The number of rotatable bonds is 4. The molecule has 1 unspecified atom stereocenters. The Morgan fingerprint density at radius 2 is 1.79 bits per heavy atom. The van der Waals surface area contributed by atoms with Crippen molar-refractivity contribution in [2.24, 2.45) is 5.92 Å². The van der Waals surface area contributed by atoms with Crippen molar-refractivity contribution in [1.82, 2.24) is 9.88 Å². The number of carbonyl (C=O) groups is 1. The maximum absolute atomic E-state index is 13.6. The molecule has 1 aromatic heterocycles. The SMILES string of the molecule is Cc1ccc(N2CCN(C(=O)OC(C)(C)C)CC2)nc1-c1ccc2c(c1)N(C)S(O)(O)N2CC1CC1(F)F. The molecule has 1 amide bonds. The molecule has 38 heavy (non-hydrogen) atoms. The quantitative estimate of drug-likeness (QED) is 0.507. The van der Waals surface area contributed by atoms with Gasteiger partial charge in [0.15, 0.2) is 0 Å². The highest BCUT2D eigenvalue weighted by Crippen LogP contribution is 2.63. The lowest BCUT2D eigenvalue weighted by Gasteiger charge is -2.42. The van der Waals surface area contributed by atoms with E-state index in [1.54, 1.807) is 18.0 Å². The molecule has 12 heteroatoms. The van der Waals surface area contributed by atoms with Gasteiger partial charge in [-0.05, 0) is 62.4 Å². The third-order valence-electron chi connectivity index (χ3n) is 7.20. The number of hydrogen-bond donors (Lipinski definition) is 2.